The summed E-state index contributed by atoms with van der Waals surface area (Å²) in [7, 11) is 0. The van der Waals surface area contributed by atoms with Gasteiger partial charge in [-0.15, -0.1) is 0 Å². The largest absolute Gasteiger partial charge is 0.269 e. The fourth-order valence-electron chi connectivity index (χ4n) is 3.00. The quantitative estimate of drug-likeness (QED) is 0.597. The molecule has 0 amide bonds. The van der Waals surface area contributed by atoms with E-state index in [1.54, 1.807) is 6.42 Å². The third kappa shape index (κ3) is 4.93. The third-order valence-corrected chi connectivity index (χ3v) is 6.68. The molecule has 0 aliphatic heterocycles. The Kier molecular flexibility index (Phi) is 9.17. The van der Waals surface area contributed by atoms with Crippen LogP contribution in [0.4, 0.5) is 4.70 Å². The van der Waals surface area contributed by atoms with Crippen molar-refractivity contribution < 1.29 is 4.70 Å². The number of halogens is 1. The van der Waals surface area contributed by atoms with Crippen LogP contribution in [0.15, 0.2) is 0 Å². The first-order chi connectivity index (χ1) is 7.23. The Labute approximate surface area is 114 Å². The monoisotopic (exact) mass is 335 g/mol. The van der Waals surface area contributed by atoms with Crippen LogP contribution in [0.2, 0.25) is 3.43 Å². The predicted molar refractivity (Wildman–Crippen MR) is 72.0 cm³/mol. The van der Waals surface area contributed by atoms with Crippen molar-refractivity contribution in [2.75, 3.05) is 0 Å². The summed E-state index contributed by atoms with van der Waals surface area (Å²) in [6.07, 6.45) is 14.8. The van der Waals surface area contributed by atoms with Gasteiger partial charge < -0.3 is 0 Å². The van der Waals surface area contributed by atoms with Crippen LogP contribution in [0.3, 0.4) is 0 Å². The Morgan fingerprint density at radius 3 is 2.44 bits per heavy atom. The van der Waals surface area contributed by atoms with Gasteiger partial charge in [-0.2, -0.15) is 0 Å². The maximum atomic E-state index is 2.34. The van der Waals surface area contributed by atoms with E-state index in [0.29, 0.717) is 0 Å². The second kappa shape index (κ2) is 8.77. The van der Waals surface area contributed by atoms with E-state index in [2.05, 4.69) is 13.8 Å². The molecule has 0 aromatic heterocycles. The van der Waals surface area contributed by atoms with E-state index in [1.807, 2.05) is 22.5 Å². The maximum absolute atomic E-state index is 2.34. The van der Waals surface area contributed by atoms with Gasteiger partial charge in [-0.1, -0.05) is 0 Å². The van der Waals surface area contributed by atoms with E-state index in [-0.39, 0.29) is 4.70 Å². The zero-order valence-electron chi connectivity index (χ0n) is 11.1. The van der Waals surface area contributed by atoms with E-state index in [9.17, 15) is 0 Å². The molecule has 2 atom stereocenters. The summed E-state index contributed by atoms with van der Waals surface area (Å²) in [5.74, 6) is 1.08. The Morgan fingerprint density at radius 1 is 1.12 bits per heavy atom. The average molecular weight is 334 g/mol. The second-order valence-corrected chi connectivity index (χ2v) is 8.19. The minimum atomic E-state index is 0. The summed E-state index contributed by atoms with van der Waals surface area (Å²) in [4.78, 5) is 0. The average Bonchev–Trinajstić information content (AvgIpc) is 2.25. The smallest absolute Gasteiger partial charge is 0.269 e. The van der Waals surface area contributed by atoms with Gasteiger partial charge in [-0.25, -0.2) is 0 Å². The molecule has 1 saturated carbocycles. The van der Waals surface area contributed by atoms with Gasteiger partial charge in [0, 0.05) is 0 Å². The van der Waals surface area contributed by atoms with Gasteiger partial charge >= 0.3 is 110 Å². The molecule has 16 heavy (non-hydrogen) atoms. The third-order valence-electron chi connectivity index (χ3n) is 4.09. The van der Waals surface area contributed by atoms with Gasteiger partial charge in [0.1, 0.15) is 0 Å². The van der Waals surface area contributed by atoms with Crippen LogP contribution < -0.4 is 0 Å². The Morgan fingerprint density at radius 2 is 1.81 bits per heavy atom. The molecule has 0 N–H and O–H groups in total. The van der Waals surface area contributed by atoms with Crippen molar-refractivity contribution in [3.05, 3.63) is 0 Å². The summed E-state index contributed by atoms with van der Waals surface area (Å²) in [6, 6.07) is 0. The fraction of sp³-hybridized carbons (Fsp3) is 1.00. The molecule has 0 saturated heterocycles. The first-order valence-electron chi connectivity index (χ1n) is 6.98. The van der Waals surface area contributed by atoms with Gasteiger partial charge in [0.05, 0.1) is 0 Å². The molecule has 2 unspecified atom stereocenters. The van der Waals surface area contributed by atoms with Crippen LogP contribution in [0, 0.1) is 5.92 Å². The number of rotatable bonds is 6. The minimum absolute atomic E-state index is 0. The van der Waals surface area contributed by atoms with Crippen molar-refractivity contribution in [2.24, 2.45) is 5.92 Å². The van der Waals surface area contributed by atoms with Crippen molar-refractivity contribution in [1.82, 2.24) is 0 Å². The van der Waals surface area contributed by atoms with E-state index < -0.39 is 0 Å². The SMILES string of the molecule is CCCCC1CCCC[C]1([Sn])CCCC.F. The van der Waals surface area contributed by atoms with Crippen molar-refractivity contribution >= 4 is 22.5 Å². The van der Waals surface area contributed by atoms with E-state index in [4.69, 9.17) is 0 Å². The maximum Gasteiger partial charge on any atom is -0.269 e. The van der Waals surface area contributed by atoms with Crippen molar-refractivity contribution in [2.45, 2.75) is 81.5 Å². The fourth-order valence-corrected chi connectivity index (χ4v) is 4.84. The van der Waals surface area contributed by atoms with Gasteiger partial charge in [0.15, 0.2) is 0 Å². The van der Waals surface area contributed by atoms with E-state index in [0.717, 1.165) is 9.35 Å². The van der Waals surface area contributed by atoms with Crippen molar-refractivity contribution in [1.29, 1.82) is 0 Å². The van der Waals surface area contributed by atoms with Crippen LogP contribution in [-0.4, -0.2) is 22.5 Å². The Bertz CT molecular complexity index is 172. The van der Waals surface area contributed by atoms with Crippen LogP contribution in [-0.2, 0) is 0 Å². The summed E-state index contributed by atoms with van der Waals surface area (Å²) >= 11 is 1.84. The van der Waals surface area contributed by atoms with Gasteiger partial charge in [-0.05, 0) is 0 Å². The van der Waals surface area contributed by atoms with E-state index in [1.165, 1.54) is 57.8 Å². The minimum Gasteiger partial charge on any atom is -0.269 e. The Hall–Kier alpha value is 0.729. The first-order valence-corrected chi connectivity index (χ1v) is 8.40. The molecule has 95 valence electrons. The second-order valence-electron chi connectivity index (χ2n) is 5.34. The number of unbranched alkanes of at least 4 members (excludes halogenated alkanes) is 2. The molecular weight excluding hydrogens is 306 g/mol. The van der Waals surface area contributed by atoms with Crippen LogP contribution in [0.5, 0.6) is 0 Å². The zero-order valence-corrected chi connectivity index (χ0v) is 13.9. The van der Waals surface area contributed by atoms with Gasteiger partial charge in [-0.3, -0.25) is 4.70 Å². The molecular formula is C14H28FSn. The molecule has 0 bridgehead atoms. The van der Waals surface area contributed by atoms with Crippen molar-refractivity contribution in [3.63, 3.8) is 0 Å². The molecule has 1 rings (SSSR count). The molecule has 1 aliphatic rings. The van der Waals surface area contributed by atoms with E-state index >= 15 is 0 Å². The molecule has 0 aromatic rings. The molecule has 2 heteroatoms. The van der Waals surface area contributed by atoms with Crippen LogP contribution >= 0.6 is 0 Å². The molecule has 1 fully saturated rings. The van der Waals surface area contributed by atoms with Crippen LogP contribution in [0.25, 0.3) is 0 Å². The number of hydrogen-bond acceptors (Lipinski definition) is 0. The zero-order chi connectivity index (χ0) is 11.1. The molecule has 0 aromatic carbocycles. The van der Waals surface area contributed by atoms with Crippen molar-refractivity contribution in [3.8, 4) is 0 Å². The summed E-state index contributed by atoms with van der Waals surface area (Å²) in [5.41, 5.74) is 0. The normalized spacial score (nSPS) is 29.8. The number of hydrogen-bond donors (Lipinski definition) is 0. The molecule has 0 spiro atoms. The first kappa shape index (κ1) is 16.7. The summed E-state index contributed by atoms with van der Waals surface area (Å²) in [5, 5.41) is 0. The molecule has 3 radical (unpaired) electrons. The molecule has 0 heterocycles. The Balaban J connectivity index is 0.00000225. The summed E-state index contributed by atoms with van der Waals surface area (Å²) < 4.78 is 0.788. The topological polar surface area (TPSA) is 0 Å². The summed E-state index contributed by atoms with van der Waals surface area (Å²) in [6.45, 7) is 4.67. The predicted octanol–water partition coefficient (Wildman–Crippen LogP) is 5.04. The van der Waals surface area contributed by atoms with Gasteiger partial charge in [0.2, 0.25) is 0 Å². The molecule has 0 nitrogen and oxygen atoms in total. The molecule has 1 aliphatic carbocycles. The van der Waals surface area contributed by atoms with Gasteiger partial charge in [0.25, 0.3) is 0 Å². The van der Waals surface area contributed by atoms with Crippen LogP contribution in [0.1, 0.15) is 78.1 Å². The standard InChI is InChI=1S/C14H27.FH.Sn/c1-3-5-9-13-11-7-8-12-14(13)10-6-4-2;;/h13H,3-12H2,1-2H3;1H;.